The lowest BCUT2D eigenvalue weighted by molar-refractivity contribution is 0.0707. The van der Waals surface area contributed by atoms with Crippen LogP contribution in [-0.4, -0.2) is 41.0 Å². The number of aliphatic hydroxyl groups excluding tert-OH is 1. The molecule has 3 nitrogen and oxygen atoms in total. The van der Waals surface area contributed by atoms with Gasteiger partial charge in [-0.2, -0.15) is 0 Å². The van der Waals surface area contributed by atoms with E-state index in [-0.39, 0.29) is 24.2 Å². The Bertz CT molecular complexity index is 440. The first-order chi connectivity index (χ1) is 9.63. The minimum absolute atomic E-state index is 0.00894. The Balaban J connectivity index is 2.11. The van der Waals surface area contributed by atoms with E-state index in [9.17, 15) is 14.3 Å². The van der Waals surface area contributed by atoms with Gasteiger partial charge in [-0.15, -0.1) is 0 Å². The highest BCUT2D eigenvalue weighted by atomic mass is 19.1. The van der Waals surface area contributed by atoms with Gasteiger partial charge in [0.05, 0.1) is 12.6 Å². The Morgan fingerprint density at radius 3 is 2.50 bits per heavy atom. The van der Waals surface area contributed by atoms with E-state index < -0.39 is 0 Å². The van der Waals surface area contributed by atoms with Crippen LogP contribution in [0, 0.1) is 5.82 Å². The van der Waals surface area contributed by atoms with Crippen LogP contribution in [-0.2, 0) is 0 Å². The minimum atomic E-state index is -0.336. The largest absolute Gasteiger partial charge is 0.395 e. The fourth-order valence-electron chi connectivity index (χ4n) is 3.05. The molecule has 0 aliphatic heterocycles. The summed E-state index contributed by atoms with van der Waals surface area (Å²) in [6.45, 7) is 2.44. The Morgan fingerprint density at radius 1 is 1.35 bits per heavy atom. The summed E-state index contributed by atoms with van der Waals surface area (Å²) in [6, 6.07) is 5.77. The zero-order chi connectivity index (χ0) is 14.5. The fraction of sp³-hybridized carbons (Fsp3) is 0.562. The summed E-state index contributed by atoms with van der Waals surface area (Å²) in [5.41, 5.74) is 0.528. The molecule has 0 radical (unpaired) electrons. The molecule has 1 aromatic rings. The third kappa shape index (κ3) is 3.44. The number of carbonyl (C=O) groups is 1. The number of nitrogens with zero attached hydrogens (tertiary/aromatic N) is 1. The zero-order valence-corrected chi connectivity index (χ0v) is 11.9. The summed E-state index contributed by atoms with van der Waals surface area (Å²) in [6.07, 6.45) is 4.54. The van der Waals surface area contributed by atoms with Gasteiger partial charge in [-0.3, -0.25) is 9.69 Å². The fourth-order valence-corrected chi connectivity index (χ4v) is 3.05. The van der Waals surface area contributed by atoms with Gasteiger partial charge in [0, 0.05) is 18.2 Å². The predicted molar refractivity (Wildman–Crippen MR) is 76.2 cm³/mol. The summed E-state index contributed by atoms with van der Waals surface area (Å²) < 4.78 is 12.9. The molecule has 4 heteroatoms. The molecule has 1 fully saturated rings. The average Bonchev–Trinajstić information content (AvgIpc) is 2.98. The first kappa shape index (κ1) is 15.1. The van der Waals surface area contributed by atoms with Gasteiger partial charge in [0.2, 0.25) is 0 Å². The van der Waals surface area contributed by atoms with Crippen molar-refractivity contribution in [2.24, 2.45) is 0 Å². The molecule has 1 saturated carbocycles. The van der Waals surface area contributed by atoms with Gasteiger partial charge in [0.25, 0.3) is 0 Å². The smallest absolute Gasteiger partial charge is 0.179 e. The molecule has 1 unspecified atom stereocenters. The number of aliphatic hydroxyl groups is 1. The molecule has 2 rings (SSSR count). The van der Waals surface area contributed by atoms with Crippen LogP contribution in [0.1, 0.15) is 43.0 Å². The van der Waals surface area contributed by atoms with Crippen LogP contribution < -0.4 is 0 Å². The van der Waals surface area contributed by atoms with Crippen molar-refractivity contribution in [2.45, 2.75) is 44.7 Å². The second-order valence-electron chi connectivity index (χ2n) is 5.45. The first-order valence-electron chi connectivity index (χ1n) is 7.30. The Labute approximate surface area is 119 Å². The van der Waals surface area contributed by atoms with Crippen LogP contribution in [0.3, 0.4) is 0 Å². The topological polar surface area (TPSA) is 40.5 Å². The second-order valence-corrected chi connectivity index (χ2v) is 5.45. The lowest BCUT2D eigenvalue weighted by Crippen LogP contribution is -2.46. The first-order valence-corrected chi connectivity index (χ1v) is 7.30. The molecule has 1 aliphatic carbocycles. The maximum atomic E-state index is 12.9. The van der Waals surface area contributed by atoms with E-state index in [4.69, 9.17) is 0 Å². The van der Waals surface area contributed by atoms with Crippen molar-refractivity contribution in [3.63, 3.8) is 0 Å². The van der Waals surface area contributed by atoms with Crippen molar-refractivity contribution in [3.05, 3.63) is 35.6 Å². The average molecular weight is 279 g/mol. The summed E-state index contributed by atoms with van der Waals surface area (Å²) in [5.74, 6) is -0.345. The predicted octanol–water partition coefficient (Wildman–Crippen LogP) is 2.63. The van der Waals surface area contributed by atoms with Crippen molar-refractivity contribution < 1.29 is 14.3 Å². The monoisotopic (exact) mass is 279 g/mol. The highest BCUT2D eigenvalue weighted by Crippen LogP contribution is 2.26. The number of Topliss-reactive ketones (excluding diaryl/α,β-unsaturated/α-hetero) is 1. The molecule has 0 saturated heterocycles. The highest BCUT2D eigenvalue weighted by molar-refractivity contribution is 5.99. The van der Waals surface area contributed by atoms with Gasteiger partial charge < -0.3 is 5.11 Å². The Hall–Kier alpha value is -1.26. The number of benzene rings is 1. The van der Waals surface area contributed by atoms with E-state index in [0.29, 0.717) is 18.2 Å². The normalized spacial score (nSPS) is 17.6. The standard InChI is InChI=1S/C16H22FNO2/c1-12(16(20)13-6-8-14(17)9-7-13)18(10-11-19)15-4-2-3-5-15/h6-9,12,15,19H,2-5,10-11H2,1H3. The molecule has 1 aliphatic rings. The van der Waals surface area contributed by atoms with Crippen LogP contribution in [0.5, 0.6) is 0 Å². The molecule has 1 N–H and O–H groups in total. The number of halogens is 1. The molecule has 20 heavy (non-hydrogen) atoms. The summed E-state index contributed by atoms with van der Waals surface area (Å²) in [5, 5.41) is 9.23. The van der Waals surface area contributed by atoms with Crippen molar-refractivity contribution in [1.29, 1.82) is 0 Å². The maximum Gasteiger partial charge on any atom is 0.179 e. The molecule has 1 aromatic carbocycles. The molecule has 1 atom stereocenters. The molecule has 0 aromatic heterocycles. The zero-order valence-electron chi connectivity index (χ0n) is 11.9. The van der Waals surface area contributed by atoms with Crippen LogP contribution >= 0.6 is 0 Å². The maximum absolute atomic E-state index is 12.9. The quantitative estimate of drug-likeness (QED) is 0.814. The van der Waals surface area contributed by atoms with E-state index in [1.54, 1.807) is 0 Å². The minimum Gasteiger partial charge on any atom is -0.395 e. The van der Waals surface area contributed by atoms with Crippen molar-refractivity contribution in [2.75, 3.05) is 13.2 Å². The van der Waals surface area contributed by atoms with Crippen molar-refractivity contribution in [3.8, 4) is 0 Å². The number of ketones is 1. The van der Waals surface area contributed by atoms with Crippen LogP contribution in [0.15, 0.2) is 24.3 Å². The van der Waals surface area contributed by atoms with Gasteiger partial charge in [-0.25, -0.2) is 4.39 Å². The van der Waals surface area contributed by atoms with E-state index in [1.807, 2.05) is 6.92 Å². The Morgan fingerprint density at radius 2 is 1.95 bits per heavy atom. The summed E-state index contributed by atoms with van der Waals surface area (Å²) in [4.78, 5) is 14.6. The van der Waals surface area contributed by atoms with E-state index in [2.05, 4.69) is 4.90 Å². The third-order valence-corrected chi connectivity index (χ3v) is 4.16. The van der Waals surface area contributed by atoms with Gasteiger partial charge >= 0.3 is 0 Å². The molecular formula is C16H22FNO2. The molecule has 0 spiro atoms. The highest BCUT2D eigenvalue weighted by Gasteiger charge is 2.30. The third-order valence-electron chi connectivity index (χ3n) is 4.16. The van der Waals surface area contributed by atoms with Crippen molar-refractivity contribution in [1.82, 2.24) is 4.90 Å². The van der Waals surface area contributed by atoms with Crippen molar-refractivity contribution >= 4 is 5.78 Å². The molecule has 0 bridgehead atoms. The number of hydrogen-bond donors (Lipinski definition) is 1. The lowest BCUT2D eigenvalue weighted by Gasteiger charge is -2.33. The van der Waals surface area contributed by atoms with E-state index in [1.165, 1.54) is 37.1 Å². The van der Waals surface area contributed by atoms with Crippen LogP contribution in [0.4, 0.5) is 4.39 Å². The van der Waals surface area contributed by atoms with E-state index in [0.717, 1.165) is 12.8 Å². The number of hydrogen-bond acceptors (Lipinski definition) is 3. The van der Waals surface area contributed by atoms with Crippen LogP contribution in [0.2, 0.25) is 0 Å². The second kappa shape index (κ2) is 6.95. The SMILES string of the molecule is CC(C(=O)c1ccc(F)cc1)N(CCO)C1CCCC1. The van der Waals surface area contributed by atoms with Gasteiger partial charge in [0.15, 0.2) is 5.78 Å². The lowest BCUT2D eigenvalue weighted by atomic mass is 10.0. The van der Waals surface area contributed by atoms with Gasteiger partial charge in [-0.05, 0) is 44.0 Å². The van der Waals surface area contributed by atoms with E-state index >= 15 is 0 Å². The van der Waals surface area contributed by atoms with Gasteiger partial charge in [-0.1, -0.05) is 12.8 Å². The number of rotatable bonds is 6. The van der Waals surface area contributed by atoms with Gasteiger partial charge in [0.1, 0.15) is 5.82 Å². The van der Waals surface area contributed by atoms with Crippen LogP contribution in [0.25, 0.3) is 0 Å². The molecule has 0 heterocycles. The summed E-state index contributed by atoms with van der Waals surface area (Å²) >= 11 is 0. The molecule has 0 amide bonds. The molecular weight excluding hydrogens is 257 g/mol. The summed E-state index contributed by atoms with van der Waals surface area (Å²) in [7, 11) is 0. The Kier molecular flexibility index (Phi) is 5.26. The molecule has 110 valence electrons. The number of carbonyl (C=O) groups excluding carboxylic acids is 1.